The van der Waals surface area contributed by atoms with Crippen LogP contribution >= 0.6 is 0 Å². The summed E-state index contributed by atoms with van der Waals surface area (Å²) in [5.74, 6) is 1.04. The number of hydrogen-bond donors (Lipinski definition) is 3. The van der Waals surface area contributed by atoms with Gasteiger partial charge in [0.25, 0.3) is 0 Å². The van der Waals surface area contributed by atoms with Crippen LogP contribution in [0.5, 0.6) is 0 Å². The second kappa shape index (κ2) is 7.15. The highest BCUT2D eigenvalue weighted by molar-refractivity contribution is 5.96. The fourth-order valence-electron chi connectivity index (χ4n) is 4.51. The highest BCUT2D eigenvalue weighted by Gasteiger charge is 2.15. The number of piperazine rings is 1. The van der Waals surface area contributed by atoms with E-state index in [2.05, 4.69) is 68.1 Å². The molecule has 1 saturated heterocycles. The van der Waals surface area contributed by atoms with Crippen LogP contribution in [0.4, 0.5) is 11.5 Å². The number of benzene rings is 1. The molecule has 0 aliphatic carbocycles. The van der Waals surface area contributed by atoms with Crippen molar-refractivity contribution >= 4 is 22.5 Å². The largest absolute Gasteiger partial charge is 0.384 e. The Bertz CT molecular complexity index is 1200. The van der Waals surface area contributed by atoms with Crippen LogP contribution in [0, 0.1) is 0 Å². The van der Waals surface area contributed by atoms with Crippen LogP contribution in [0.25, 0.3) is 33.3 Å². The molecule has 0 saturated carbocycles. The van der Waals surface area contributed by atoms with Crippen LogP contribution < -0.4 is 15.5 Å². The van der Waals surface area contributed by atoms with E-state index in [0.29, 0.717) is 0 Å². The molecule has 150 valence electrons. The van der Waals surface area contributed by atoms with Crippen LogP contribution in [0.3, 0.4) is 0 Å². The molecule has 5 heterocycles. The van der Waals surface area contributed by atoms with Gasteiger partial charge in [-0.05, 0) is 47.9 Å². The van der Waals surface area contributed by atoms with Gasteiger partial charge in [-0.3, -0.25) is 0 Å². The molecule has 3 aromatic heterocycles. The molecule has 6 rings (SSSR count). The third-order valence-electron chi connectivity index (χ3n) is 6.18. The Morgan fingerprint density at radius 1 is 0.833 bits per heavy atom. The summed E-state index contributed by atoms with van der Waals surface area (Å²) in [6.45, 7) is 5.05. The van der Waals surface area contributed by atoms with Crippen LogP contribution in [-0.4, -0.2) is 47.7 Å². The third-order valence-corrected chi connectivity index (χ3v) is 6.18. The molecule has 0 unspecified atom stereocenters. The predicted octanol–water partition coefficient (Wildman–Crippen LogP) is 3.67. The van der Waals surface area contributed by atoms with Crippen molar-refractivity contribution in [3.63, 3.8) is 0 Å². The van der Waals surface area contributed by atoms with Gasteiger partial charge >= 0.3 is 0 Å². The lowest BCUT2D eigenvalue weighted by atomic mass is 10.0. The number of fused-ring (bicyclic) bond motifs is 2. The lowest BCUT2D eigenvalue weighted by Crippen LogP contribution is -2.43. The number of anilines is 2. The van der Waals surface area contributed by atoms with Crippen molar-refractivity contribution in [2.24, 2.45) is 0 Å². The lowest BCUT2D eigenvalue weighted by Gasteiger charge is -2.28. The van der Waals surface area contributed by atoms with Gasteiger partial charge in [-0.15, -0.1) is 0 Å². The Morgan fingerprint density at radius 2 is 1.70 bits per heavy atom. The van der Waals surface area contributed by atoms with E-state index < -0.39 is 0 Å². The summed E-state index contributed by atoms with van der Waals surface area (Å²) in [4.78, 5) is 15.1. The van der Waals surface area contributed by atoms with Gasteiger partial charge in [0.15, 0.2) is 0 Å². The maximum Gasteiger partial charge on any atom is 0.137 e. The number of aromatic amines is 1. The highest BCUT2D eigenvalue weighted by atomic mass is 15.2. The Balaban J connectivity index is 1.35. The zero-order chi connectivity index (χ0) is 19.9. The molecule has 6 nitrogen and oxygen atoms in total. The van der Waals surface area contributed by atoms with Crippen molar-refractivity contribution in [1.82, 2.24) is 20.3 Å². The smallest absolute Gasteiger partial charge is 0.137 e. The van der Waals surface area contributed by atoms with E-state index in [1.807, 2.05) is 12.4 Å². The summed E-state index contributed by atoms with van der Waals surface area (Å²) in [7, 11) is 0. The first-order valence-corrected chi connectivity index (χ1v) is 10.6. The van der Waals surface area contributed by atoms with Crippen LogP contribution in [0.1, 0.15) is 5.56 Å². The molecular weight excluding hydrogens is 372 g/mol. The summed E-state index contributed by atoms with van der Waals surface area (Å²) in [6, 6.07) is 13.2. The molecule has 6 heteroatoms. The average Bonchev–Trinajstić information content (AvgIpc) is 3.45. The number of H-pyrrole nitrogens is 1. The molecule has 0 bridgehead atoms. The number of rotatable bonds is 3. The van der Waals surface area contributed by atoms with Crippen molar-refractivity contribution < 1.29 is 0 Å². The lowest BCUT2D eigenvalue weighted by molar-refractivity contribution is 0.585. The van der Waals surface area contributed by atoms with E-state index in [9.17, 15) is 0 Å². The van der Waals surface area contributed by atoms with Gasteiger partial charge in [0.2, 0.25) is 0 Å². The van der Waals surface area contributed by atoms with Gasteiger partial charge in [0.1, 0.15) is 11.5 Å². The molecule has 0 spiro atoms. The maximum absolute atomic E-state index is 4.72. The number of nitrogens with zero attached hydrogens (tertiary/aromatic N) is 3. The first kappa shape index (κ1) is 17.5. The molecule has 0 atom stereocenters. The maximum atomic E-state index is 4.72. The Kier molecular flexibility index (Phi) is 4.16. The van der Waals surface area contributed by atoms with Gasteiger partial charge in [-0.25, -0.2) is 9.97 Å². The SMILES string of the molecule is c1cc(N2CCNCC2)ncc1-c1cnc2[nH]cc(-c3ccc4c(c3)CCN4)c2c1. The van der Waals surface area contributed by atoms with E-state index in [-0.39, 0.29) is 0 Å². The van der Waals surface area contributed by atoms with E-state index in [4.69, 9.17) is 4.98 Å². The van der Waals surface area contributed by atoms with E-state index in [1.54, 1.807) is 0 Å². The van der Waals surface area contributed by atoms with Crippen molar-refractivity contribution in [1.29, 1.82) is 0 Å². The normalized spacial score (nSPS) is 15.9. The average molecular weight is 396 g/mol. The first-order valence-electron chi connectivity index (χ1n) is 10.6. The van der Waals surface area contributed by atoms with Crippen LogP contribution in [-0.2, 0) is 6.42 Å². The summed E-state index contributed by atoms with van der Waals surface area (Å²) in [5.41, 5.74) is 8.16. The van der Waals surface area contributed by atoms with Gasteiger partial charge in [-0.1, -0.05) is 6.07 Å². The van der Waals surface area contributed by atoms with Gasteiger partial charge in [0.05, 0.1) is 0 Å². The zero-order valence-electron chi connectivity index (χ0n) is 16.8. The monoisotopic (exact) mass is 396 g/mol. The van der Waals surface area contributed by atoms with Gasteiger partial charge in [0, 0.05) is 79.1 Å². The standard InChI is InChI=1S/C24H24N6/c1-3-22-17(5-6-26-22)11-16(1)21-15-29-24-20(21)12-19(14-28-24)18-2-4-23(27-13-18)30-9-7-25-8-10-30/h1-4,11-15,25-26H,5-10H2,(H,28,29). The second-order valence-electron chi connectivity index (χ2n) is 8.01. The van der Waals surface area contributed by atoms with Crippen LogP contribution in [0.15, 0.2) is 55.0 Å². The molecule has 2 aliphatic rings. The number of hydrogen-bond acceptors (Lipinski definition) is 5. The molecule has 3 N–H and O–H groups in total. The topological polar surface area (TPSA) is 68.9 Å². The highest BCUT2D eigenvalue weighted by Crippen LogP contribution is 2.34. The minimum absolute atomic E-state index is 0.915. The number of aromatic nitrogens is 3. The van der Waals surface area contributed by atoms with Crippen molar-refractivity contribution in [3.05, 3.63) is 60.6 Å². The Hall–Kier alpha value is -3.38. The molecule has 1 fully saturated rings. The predicted molar refractivity (Wildman–Crippen MR) is 122 cm³/mol. The fourth-order valence-corrected chi connectivity index (χ4v) is 4.51. The summed E-state index contributed by atoms with van der Waals surface area (Å²) < 4.78 is 0. The quantitative estimate of drug-likeness (QED) is 0.493. The van der Waals surface area contributed by atoms with E-state index in [0.717, 1.165) is 67.1 Å². The summed E-state index contributed by atoms with van der Waals surface area (Å²) in [6.07, 6.45) is 7.04. The molecule has 0 radical (unpaired) electrons. The molecule has 2 aliphatic heterocycles. The van der Waals surface area contributed by atoms with Gasteiger partial charge < -0.3 is 20.5 Å². The molecular formula is C24H24N6. The number of nitrogens with one attached hydrogen (secondary N) is 3. The van der Waals surface area contributed by atoms with Crippen molar-refractivity contribution in [3.8, 4) is 22.3 Å². The van der Waals surface area contributed by atoms with E-state index >= 15 is 0 Å². The third kappa shape index (κ3) is 3.00. The fraction of sp³-hybridized carbons (Fsp3) is 0.250. The molecule has 0 amide bonds. The van der Waals surface area contributed by atoms with Crippen LogP contribution in [0.2, 0.25) is 0 Å². The summed E-state index contributed by atoms with van der Waals surface area (Å²) in [5, 5.41) is 7.96. The first-order chi connectivity index (χ1) is 14.8. The second-order valence-corrected chi connectivity index (χ2v) is 8.01. The zero-order valence-corrected chi connectivity index (χ0v) is 16.8. The van der Waals surface area contributed by atoms with Crippen molar-refractivity contribution in [2.45, 2.75) is 6.42 Å². The Morgan fingerprint density at radius 3 is 2.57 bits per heavy atom. The minimum atomic E-state index is 0.915. The minimum Gasteiger partial charge on any atom is -0.384 e. The van der Waals surface area contributed by atoms with E-state index in [1.165, 1.54) is 22.4 Å². The Labute approximate surface area is 175 Å². The van der Waals surface area contributed by atoms with Crippen molar-refractivity contribution in [2.75, 3.05) is 42.9 Å². The summed E-state index contributed by atoms with van der Waals surface area (Å²) >= 11 is 0. The molecule has 4 aromatic rings. The van der Waals surface area contributed by atoms with Gasteiger partial charge in [-0.2, -0.15) is 0 Å². The number of pyridine rings is 2. The molecule has 1 aromatic carbocycles. The molecule has 30 heavy (non-hydrogen) atoms.